The molecule has 0 bridgehead atoms. The van der Waals surface area contributed by atoms with Gasteiger partial charge >= 0.3 is 0 Å². The zero-order chi connectivity index (χ0) is 13.6. The lowest BCUT2D eigenvalue weighted by molar-refractivity contribution is -0.120. The summed E-state index contributed by atoms with van der Waals surface area (Å²) in [5.41, 5.74) is 1.03. The Hall–Kier alpha value is -1.60. The summed E-state index contributed by atoms with van der Waals surface area (Å²) in [6.07, 6.45) is 1.07. The first kappa shape index (κ1) is 14.5. The summed E-state index contributed by atoms with van der Waals surface area (Å²) in [5.74, 6) is -0.249. The van der Waals surface area contributed by atoms with E-state index in [1.54, 1.807) is 31.2 Å². The number of rotatable bonds is 6. The molecule has 100 valence electrons. The first-order chi connectivity index (χ1) is 8.40. The van der Waals surface area contributed by atoms with E-state index in [-0.39, 0.29) is 12.5 Å². The maximum atomic E-state index is 11.3. The zero-order valence-corrected chi connectivity index (χ0v) is 11.1. The fourth-order valence-corrected chi connectivity index (χ4v) is 1.79. The van der Waals surface area contributed by atoms with E-state index in [9.17, 15) is 13.2 Å². The van der Waals surface area contributed by atoms with Gasteiger partial charge in [-0.05, 0) is 31.2 Å². The summed E-state index contributed by atoms with van der Waals surface area (Å²) in [4.78, 5) is 11.3. The molecule has 0 aliphatic rings. The van der Waals surface area contributed by atoms with Crippen LogP contribution < -0.4 is 10.0 Å². The van der Waals surface area contributed by atoms with Gasteiger partial charge in [0.15, 0.2) is 0 Å². The molecule has 18 heavy (non-hydrogen) atoms. The van der Waals surface area contributed by atoms with Crippen molar-refractivity contribution >= 4 is 27.3 Å². The molecule has 0 heterocycles. The third-order valence-electron chi connectivity index (χ3n) is 1.91. The monoisotopic (exact) mass is 272 g/mol. The van der Waals surface area contributed by atoms with Crippen LogP contribution >= 0.6 is 0 Å². The average Bonchev–Trinajstić information content (AvgIpc) is 2.27. The van der Waals surface area contributed by atoms with E-state index in [1.165, 1.54) is 0 Å². The van der Waals surface area contributed by atoms with Gasteiger partial charge in [0.1, 0.15) is 6.61 Å². The third kappa shape index (κ3) is 5.65. The fraction of sp³-hybridized carbons (Fsp3) is 0.364. The lowest BCUT2D eigenvalue weighted by atomic mass is 10.3. The lowest BCUT2D eigenvalue weighted by Crippen LogP contribution is -2.18. The minimum atomic E-state index is -3.28. The highest BCUT2D eigenvalue weighted by molar-refractivity contribution is 7.92. The number of carbonyl (C=O) groups excluding carboxylic acids is 1. The first-order valence-electron chi connectivity index (χ1n) is 5.36. The Morgan fingerprint density at radius 1 is 1.22 bits per heavy atom. The van der Waals surface area contributed by atoms with Gasteiger partial charge < -0.3 is 10.1 Å². The number of amides is 1. The van der Waals surface area contributed by atoms with Crippen LogP contribution in [0.15, 0.2) is 24.3 Å². The van der Waals surface area contributed by atoms with Crippen molar-refractivity contribution in [1.29, 1.82) is 0 Å². The minimum absolute atomic E-state index is 0.000158. The van der Waals surface area contributed by atoms with Crippen LogP contribution in [0.1, 0.15) is 6.92 Å². The molecule has 0 aromatic heterocycles. The second-order valence-electron chi connectivity index (χ2n) is 3.64. The van der Waals surface area contributed by atoms with Crippen molar-refractivity contribution in [3.05, 3.63) is 24.3 Å². The van der Waals surface area contributed by atoms with Crippen LogP contribution in [0.4, 0.5) is 11.4 Å². The van der Waals surface area contributed by atoms with Gasteiger partial charge in [0.05, 0.1) is 6.26 Å². The fourth-order valence-electron chi connectivity index (χ4n) is 1.23. The van der Waals surface area contributed by atoms with Gasteiger partial charge in [0.25, 0.3) is 0 Å². The van der Waals surface area contributed by atoms with E-state index in [0.29, 0.717) is 18.0 Å². The van der Waals surface area contributed by atoms with E-state index in [2.05, 4.69) is 10.0 Å². The molecule has 0 spiro atoms. The number of hydrogen-bond donors (Lipinski definition) is 2. The highest BCUT2D eigenvalue weighted by atomic mass is 32.2. The van der Waals surface area contributed by atoms with Gasteiger partial charge in [-0.25, -0.2) is 8.42 Å². The quantitative estimate of drug-likeness (QED) is 0.810. The van der Waals surface area contributed by atoms with E-state index >= 15 is 0 Å². The van der Waals surface area contributed by atoms with Gasteiger partial charge in [0.2, 0.25) is 15.9 Å². The van der Waals surface area contributed by atoms with E-state index in [1.807, 2.05) is 0 Å². The Balaban J connectivity index is 2.58. The molecule has 0 atom stereocenters. The number of nitrogens with one attached hydrogen (secondary N) is 2. The van der Waals surface area contributed by atoms with E-state index in [4.69, 9.17) is 4.74 Å². The van der Waals surface area contributed by atoms with Crippen LogP contribution in [0, 0.1) is 0 Å². The van der Waals surface area contributed by atoms with Gasteiger partial charge in [-0.15, -0.1) is 0 Å². The lowest BCUT2D eigenvalue weighted by Gasteiger charge is -2.07. The second-order valence-corrected chi connectivity index (χ2v) is 5.39. The predicted octanol–water partition coefficient (Wildman–Crippen LogP) is 1.03. The first-order valence-corrected chi connectivity index (χ1v) is 7.25. The normalized spacial score (nSPS) is 11.0. The highest BCUT2D eigenvalue weighted by Crippen LogP contribution is 2.14. The van der Waals surface area contributed by atoms with Crippen LogP contribution in [0.2, 0.25) is 0 Å². The molecule has 1 amide bonds. The molecule has 0 aliphatic heterocycles. The number of hydrogen-bond acceptors (Lipinski definition) is 4. The number of ether oxygens (including phenoxy) is 1. The molecule has 6 nitrogen and oxygen atoms in total. The van der Waals surface area contributed by atoms with Crippen molar-refractivity contribution in [2.75, 3.05) is 29.5 Å². The number of sulfonamides is 1. The van der Waals surface area contributed by atoms with Crippen LogP contribution in [0.5, 0.6) is 0 Å². The maximum Gasteiger partial charge on any atom is 0.250 e. The molecular weight excluding hydrogens is 256 g/mol. The van der Waals surface area contributed by atoms with E-state index in [0.717, 1.165) is 6.26 Å². The van der Waals surface area contributed by atoms with Gasteiger partial charge in [0, 0.05) is 18.0 Å². The zero-order valence-electron chi connectivity index (χ0n) is 10.3. The topological polar surface area (TPSA) is 84.5 Å². The van der Waals surface area contributed by atoms with E-state index < -0.39 is 10.0 Å². The molecule has 0 fully saturated rings. The third-order valence-corrected chi connectivity index (χ3v) is 2.52. The Bertz CT molecular complexity index is 496. The Morgan fingerprint density at radius 2 is 1.78 bits per heavy atom. The summed E-state index contributed by atoms with van der Waals surface area (Å²) >= 11 is 0. The Labute approximate surface area is 106 Å². The average molecular weight is 272 g/mol. The summed E-state index contributed by atoms with van der Waals surface area (Å²) in [7, 11) is -3.28. The van der Waals surface area contributed by atoms with Crippen molar-refractivity contribution in [3.63, 3.8) is 0 Å². The molecule has 0 saturated carbocycles. The minimum Gasteiger partial charge on any atom is -0.372 e. The van der Waals surface area contributed by atoms with Crippen LogP contribution in [0.25, 0.3) is 0 Å². The van der Waals surface area contributed by atoms with Crippen LogP contribution in [0.3, 0.4) is 0 Å². The second kappa shape index (κ2) is 6.36. The largest absolute Gasteiger partial charge is 0.372 e. The molecule has 0 unspecified atom stereocenters. The predicted molar refractivity (Wildman–Crippen MR) is 70.0 cm³/mol. The number of benzene rings is 1. The molecule has 0 saturated heterocycles. The molecule has 0 radical (unpaired) electrons. The van der Waals surface area contributed by atoms with Gasteiger partial charge in [-0.3, -0.25) is 9.52 Å². The van der Waals surface area contributed by atoms with Crippen molar-refractivity contribution < 1.29 is 17.9 Å². The SMILES string of the molecule is CCOCC(=O)Nc1ccc(NS(C)(=O)=O)cc1. The molecule has 1 rings (SSSR count). The van der Waals surface area contributed by atoms with Crippen molar-refractivity contribution in [2.24, 2.45) is 0 Å². The number of carbonyl (C=O) groups is 1. The standard InChI is InChI=1S/C11H16N2O4S/c1-3-17-8-11(14)12-9-4-6-10(7-5-9)13-18(2,15)16/h4-7,13H,3,8H2,1-2H3,(H,12,14). The smallest absolute Gasteiger partial charge is 0.250 e. The summed E-state index contributed by atoms with van der Waals surface area (Å²) in [6.45, 7) is 2.28. The summed E-state index contributed by atoms with van der Waals surface area (Å²) < 4.78 is 29.3. The Kier molecular flexibility index (Phi) is 5.11. The van der Waals surface area contributed by atoms with Crippen molar-refractivity contribution in [2.45, 2.75) is 6.92 Å². The molecule has 0 aliphatic carbocycles. The maximum absolute atomic E-state index is 11.3. The summed E-state index contributed by atoms with van der Waals surface area (Å²) in [5, 5.41) is 2.63. The van der Waals surface area contributed by atoms with Gasteiger partial charge in [-0.2, -0.15) is 0 Å². The number of anilines is 2. The van der Waals surface area contributed by atoms with Gasteiger partial charge in [-0.1, -0.05) is 0 Å². The van der Waals surface area contributed by atoms with Crippen LogP contribution in [-0.2, 0) is 19.6 Å². The summed E-state index contributed by atoms with van der Waals surface area (Å²) in [6, 6.07) is 6.35. The van der Waals surface area contributed by atoms with Crippen molar-refractivity contribution in [3.8, 4) is 0 Å². The molecule has 1 aromatic rings. The van der Waals surface area contributed by atoms with Crippen LogP contribution in [-0.4, -0.2) is 33.8 Å². The molecule has 2 N–H and O–H groups in total. The molecule has 7 heteroatoms. The highest BCUT2D eigenvalue weighted by Gasteiger charge is 2.04. The molecule has 1 aromatic carbocycles. The molecular formula is C11H16N2O4S. The Morgan fingerprint density at radius 3 is 2.28 bits per heavy atom. The van der Waals surface area contributed by atoms with Crippen molar-refractivity contribution in [1.82, 2.24) is 0 Å².